The van der Waals surface area contributed by atoms with Crippen LogP contribution in [0.5, 0.6) is 5.75 Å². The number of anilines is 2. The van der Waals surface area contributed by atoms with Crippen molar-refractivity contribution >= 4 is 44.0 Å². The molecule has 0 unspecified atom stereocenters. The smallest absolute Gasteiger partial charge is 0.338 e. The SMILES string of the molecule is CCOC(=O)c1ccc(N(CC(=O)Nc2ccc(OCC)cc2)S(=O)(=O)c2cccc3ccccc23)cc1. The van der Waals surface area contributed by atoms with Gasteiger partial charge in [-0.1, -0.05) is 36.4 Å². The van der Waals surface area contributed by atoms with Crippen molar-refractivity contribution in [3.8, 4) is 5.75 Å². The van der Waals surface area contributed by atoms with E-state index in [-0.39, 0.29) is 22.8 Å². The van der Waals surface area contributed by atoms with Crippen LogP contribution in [0.1, 0.15) is 24.2 Å². The zero-order valence-corrected chi connectivity index (χ0v) is 21.9. The van der Waals surface area contributed by atoms with Crippen molar-refractivity contribution in [1.29, 1.82) is 0 Å². The fraction of sp³-hybridized carbons (Fsp3) is 0.172. The van der Waals surface area contributed by atoms with E-state index in [2.05, 4.69) is 5.32 Å². The second kappa shape index (κ2) is 11.8. The summed E-state index contributed by atoms with van der Waals surface area (Å²) in [5, 5.41) is 4.04. The summed E-state index contributed by atoms with van der Waals surface area (Å²) in [4.78, 5) is 25.3. The molecule has 196 valence electrons. The normalized spacial score (nSPS) is 11.1. The summed E-state index contributed by atoms with van der Waals surface area (Å²) in [6.07, 6.45) is 0. The van der Waals surface area contributed by atoms with Crippen molar-refractivity contribution in [2.24, 2.45) is 0 Å². The highest BCUT2D eigenvalue weighted by Crippen LogP contribution is 2.29. The largest absolute Gasteiger partial charge is 0.494 e. The minimum Gasteiger partial charge on any atom is -0.494 e. The standard InChI is InChI=1S/C29H28N2O6S/c1-3-36-25-18-14-23(15-19-25)30-28(32)20-31(24-16-12-22(13-17-24)29(33)37-4-2)38(34,35)27-11-7-9-21-8-5-6-10-26(21)27/h5-19H,3-4,20H2,1-2H3,(H,30,32). The molecule has 8 nitrogen and oxygen atoms in total. The van der Waals surface area contributed by atoms with Gasteiger partial charge in [-0.15, -0.1) is 0 Å². The summed E-state index contributed by atoms with van der Waals surface area (Å²) < 4.78 is 39.5. The van der Waals surface area contributed by atoms with E-state index in [1.165, 1.54) is 30.3 Å². The number of rotatable bonds is 10. The summed E-state index contributed by atoms with van der Waals surface area (Å²) in [6, 6.07) is 24.9. The van der Waals surface area contributed by atoms with E-state index in [4.69, 9.17) is 9.47 Å². The third kappa shape index (κ3) is 5.95. The maximum atomic E-state index is 14.0. The molecule has 4 aromatic rings. The Morgan fingerprint density at radius 2 is 1.50 bits per heavy atom. The van der Waals surface area contributed by atoms with Crippen molar-refractivity contribution in [3.63, 3.8) is 0 Å². The average molecular weight is 533 g/mol. The van der Waals surface area contributed by atoms with Crippen LogP contribution in [0.25, 0.3) is 10.8 Å². The molecule has 0 spiro atoms. The van der Waals surface area contributed by atoms with E-state index >= 15 is 0 Å². The van der Waals surface area contributed by atoms with Gasteiger partial charge in [-0.05, 0) is 73.8 Å². The first-order valence-corrected chi connectivity index (χ1v) is 13.6. The first-order valence-electron chi connectivity index (χ1n) is 12.1. The van der Waals surface area contributed by atoms with Crippen LogP contribution in [0.4, 0.5) is 11.4 Å². The fourth-order valence-electron chi connectivity index (χ4n) is 3.96. The highest BCUT2D eigenvalue weighted by Gasteiger charge is 2.29. The molecule has 0 saturated carbocycles. The minimum absolute atomic E-state index is 0.0685. The van der Waals surface area contributed by atoms with Crippen molar-refractivity contribution < 1.29 is 27.5 Å². The molecule has 38 heavy (non-hydrogen) atoms. The summed E-state index contributed by atoms with van der Waals surface area (Å²) in [5.41, 5.74) is 1.00. The number of hydrogen-bond acceptors (Lipinski definition) is 6. The number of nitrogens with one attached hydrogen (secondary N) is 1. The lowest BCUT2D eigenvalue weighted by molar-refractivity contribution is -0.114. The molecule has 0 aliphatic carbocycles. The first-order chi connectivity index (χ1) is 18.3. The van der Waals surface area contributed by atoms with E-state index in [0.29, 0.717) is 23.4 Å². The Morgan fingerprint density at radius 3 is 2.18 bits per heavy atom. The highest BCUT2D eigenvalue weighted by molar-refractivity contribution is 7.93. The molecule has 0 aromatic heterocycles. The summed E-state index contributed by atoms with van der Waals surface area (Å²) in [7, 11) is -4.19. The number of hydrogen-bond donors (Lipinski definition) is 1. The van der Waals surface area contributed by atoms with Crippen LogP contribution in [0.15, 0.2) is 95.9 Å². The van der Waals surface area contributed by atoms with E-state index in [0.717, 1.165) is 9.69 Å². The molecular weight excluding hydrogens is 504 g/mol. The Bertz CT molecular complexity index is 1530. The van der Waals surface area contributed by atoms with Crippen LogP contribution in [0.3, 0.4) is 0 Å². The number of carbonyl (C=O) groups excluding carboxylic acids is 2. The molecule has 4 rings (SSSR count). The van der Waals surface area contributed by atoms with Crippen molar-refractivity contribution in [3.05, 3.63) is 96.6 Å². The molecule has 0 aliphatic rings. The van der Waals surface area contributed by atoms with E-state index in [1.54, 1.807) is 49.4 Å². The zero-order chi connectivity index (χ0) is 27.1. The topological polar surface area (TPSA) is 102 Å². The number of benzene rings is 4. The van der Waals surface area contributed by atoms with Gasteiger partial charge in [0, 0.05) is 11.1 Å². The van der Waals surface area contributed by atoms with E-state index in [1.807, 2.05) is 25.1 Å². The lowest BCUT2D eigenvalue weighted by Crippen LogP contribution is -2.38. The van der Waals surface area contributed by atoms with E-state index < -0.39 is 28.4 Å². The van der Waals surface area contributed by atoms with Gasteiger partial charge in [0.1, 0.15) is 12.3 Å². The van der Waals surface area contributed by atoms with Gasteiger partial charge in [-0.25, -0.2) is 13.2 Å². The number of nitrogens with zero attached hydrogens (tertiary/aromatic N) is 1. The van der Waals surface area contributed by atoms with Gasteiger partial charge in [-0.2, -0.15) is 0 Å². The quantitative estimate of drug-likeness (QED) is 0.280. The second-order valence-corrected chi connectivity index (χ2v) is 10.1. The molecule has 0 radical (unpaired) electrons. The van der Waals surface area contributed by atoms with Gasteiger partial charge >= 0.3 is 5.97 Å². The van der Waals surface area contributed by atoms with Crippen LogP contribution in [-0.4, -0.2) is 40.1 Å². The number of carbonyl (C=O) groups is 2. The van der Waals surface area contributed by atoms with Gasteiger partial charge in [0.15, 0.2) is 0 Å². The van der Waals surface area contributed by atoms with Gasteiger partial charge < -0.3 is 14.8 Å². The molecule has 9 heteroatoms. The number of esters is 1. The van der Waals surface area contributed by atoms with Gasteiger partial charge in [0.05, 0.1) is 29.4 Å². The van der Waals surface area contributed by atoms with Crippen LogP contribution < -0.4 is 14.4 Å². The third-order valence-electron chi connectivity index (χ3n) is 5.72. The number of fused-ring (bicyclic) bond motifs is 1. The lowest BCUT2D eigenvalue weighted by Gasteiger charge is -2.25. The molecule has 0 bridgehead atoms. The van der Waals surface area contributed by atoms with Gasteiger partial charge in [0.25, 0.3) is 10.0 Å². The molecule has 0 atom stereocenters. The molecule has 0 saturated heterocycles. The van der Waals surface area contributed by atoms with E-state index in [9.17, 15) is 18.0 Å². The maximum Gasteiger partial charge on any atom is 0.338 e. The molecule has 1 N–H and O–H groups in total. The molecule has 0 heterocycles. The van der Waals surface area contributed by atoms with Crippen molar-refractivity contribution in [1.82, 2.24) is 0 Å². The lowest BCUT2D eigenvalue weighted by atomic mass is 10.1. The molecule has 1 amide bonds. The minimum atomic E-state index is -4.19. The number of amides is 1. The Labute approximate surface area is 221 Å². The monoisotopic (exact) mass is 532 g/mol. The Hall–Kier alpha value is -4.37. The average Bonchev–Trinajstić information content (AvgIpc) is 2.93. The number of sulfonamides is 1. The van der Waals surface area contributed by atoms with Crippen molar-refractivity contribution in [2.75, 3.05) is 29.4 Å². The molecule has 0 aliphatic heterocycles. The predicted molar refractivity (Wildman–Crippen MR) is 147 cm³/mol. The summed E-state index contributed by atoms with van der Waals surface area (Å²) in [5.74, 6) is -0.393. The molecule has 0 fully saturated rings. The number of ether oxygens (including phenoxy) is 2. The molecular formula is C29H28N2O6S. The second-order valence-electron chi connectivity index (χ2n) is 8.26. The zero-order valence-electron chi connectivity index (χ0n) is 21.1. The highest BCUT2D eigenvalue weighted by atomic mass is 32.2. The van der Waals surface area contributed by atoms with Crippen molar-refractivity contribution in [2.45, 2.75) is 18.7 Å². The van der Waals surface area contributed by atoms with Crippen LogP contribution in [0, 0.1) is 0 Å². The van der Waals surface area contributed by atoms with Crippen LogP contribution in [0.2, 0.25) is 0 Å². The van der Waals surface area contributed by atoms with Gasteiger partial charge in [-0.3, -0.25) is 9.10 Å². The third-order valence-corrected chi connectivity index (χ3v) is 7.55. The summed E-state index contributed by atoms with van der Waals surface area (Å²) >= 11 is 0. The maximum absolute atomic E-state index is 14.0. The fourth-order valence-corrected chi connectivity index (χ4v) is 5.60. The Balaban J connectivity index is 1.69. The summed E-state index contributed by atoms with van der Waals surface area (Å²) in [6.45, 7) is 3.82. The van der Waals surface area contributed by atoms with Gasteiger partial charge in [0.2, 0.25) is 5.91 Å². The van der Waals surface area contributed by atoms with Crippen LogP contribution >= 0.6 is 0 Å². The first kappa shape index (κ1) is 26.7. The Morgan fingerprint density at radius 1 is 0.816 bits per heavy atom. The molecule has 4 aromatic carbocycles. The van der Waals surface area contributed by atoms with Crippen LogP contribution in [-0.2, 0) is 19.6 Å². The predicted octanol–water partition coefficient (Wildman–Crippen LogP) is 5.25. The Kier molecular flexibility index (Phi) is 8.28.